The molecule has 0 saturated heterocycles. The zero-order valence-electron chi connectivity index (χ0n) is 27.9. The molecule has 1 aliphatic heterocycles. The molecule has 6 aromatic rings. The van der Waals surface area contributed by atoms with Gasteiger partial charge in [0, 0.05) is 29.8 Å². The summed E-state index contributed by atoms with van der Waals surface area (Å²) in [4.78, 5) is 21.4. The van der Waals surface area contributed by atoms with Gasteiger partial charge in [0.25, 0.3) is 18.7 Å². The lowest BCUT2D eigenvalue weighted by Crippen LogP contribution is -2.34. The van der Waals surface area contributed by atoms with Crippen molar-refractivity contribution in [1.82, 2.24) is 0 Å². The van der Waals surface area contributed by atoms with Crippen molar-refractivity contribution >= 4 is 24.0 Å². The Bertz CT molecular complexity index is 2380. The number of rotatable bonds is 11. The Hall–Kier alpha value is -6.51. The van der Waals surface area contributed by atoms with Crippen LogP contribution in [0.5, 0.6) is 28.7 Å². The first-order valence-corrected chi connectivity index (χ1v) is 17.9. The highest BCUT2D eigenvalue weighted by Crippen LogP contribution is 2.69. The number of nitro groups is 2. The molecule has 0 N–H and O–H groups in total. The highest BCUT2D eigenvalue weighted by molar-refractivity contribution is 7.69. The number of ether oxygens (including phenoxy) is 2. The van der Waals surface area contributed by atoms with Gasteiger partial charge in [-0.05, 0) is 90.2 Å². The third-order valence-electron chi connectivity index (χ3n) is 9.18. The van der Waals surface area contributed by atoms with E-state index in [1.54, 1.807) is 24.3 Å². The van der Waals surface area contributed by atoms with E-state index in [0.717, 1.165) is 16.7 Å². The molecule has 7 rings (SSSR count). The van der Waals surface area contributed by atoms with E-state index in [4.69, 9.17) is 14.0 Å². The molecule has 0 radical (unpaired) electrons. The number of hydrogen-bond donors (Lipinski definition) is 0. The maximum Gasteiger partial charge on any atom is 0.292 e. The van der Waals surface area contributed by atoms with Crippen molar-refractivity contribution in [3.8, 4) is 39.9 Å². The summed E-state index contributed by atoms with van der Waals surface area (Å²) in [6.45, 7) is 5.85. The molecule has 258 valence electrons. The Balaban J connectivity index is 1.35. The molecule has 0 aliphatic carbocycles. The van der Waals surface area contributed by atoms with Crippen molar-refractivity contribution < 1.29 is 28.4 Å². The topological polar surface area (TPSA) is 131 Å². The van der Waals surface area contributed by atoms with Gasteiger partial charge in [-0.25, -0.2) is 0 Å². The summed E-state index contributed by atoms with van der Waals surface area (Å²) in [5.74, 6) is 2.35. The molecule has 1 aliphatic rings. The summed E-state index contributed by atoms with van der Waals surface area (Å²) in [5, 5.41) is 21.6. The summed E-state index contributed by atoms with van der Waals surface area (Å²) in [7, 11) is -3.87. The molecule has 0 amide bonds. The summed E-state index contributed by atoms with van der Waals surface area (Å²) in [5.41, 5.74) is 3.72. The second kappa shape index (κ2) is 13.7. The fourth-order valence-corrected chi connectivity index (χ4v) is 9.39. The zero-order valence-corrected chi connectivity index (χ0v) is 28.8. The maximum absolute atomic E-state index is 16.0. The zero-order chi connectivity index (χ0) is 36.5. The number of hydrogen-bond acceptors (Lipinski definition) is 8. The fraction of sp³-hybridized carbons (Fsp3) is 0.0732. The van der Waals surface area contributed by atoms with Crippen LogP contribution in [0.1, 0.15) is 23.6 Å². The Morgan fingerprint density at radius 2 is 1.21 bits per heavy atom. The molecule has 0 bridgehead atoms. The second-order valence-electron chi connectivity index (χ2n) is 12.3. The van der Waals surface area contributed by atoms with E-state index in [1.165, 1.54) is 48.5 Å². The number of para-hydroxylation sites is 1. The minimum atomic E-state index is -3.87. The number of non-ortho nitro benzene ring substituents is 2. The van der Waals surface area contributed by atoms with Crippen LogP contribution in [0.3, 0.4) is 0 Å². The lowest BCUT2D eigenvalue weighted by molar-refractivity contribution is -0.385. The van der Waals surface area contributed by atoms with Gasteiger partial charge >= 0.3 is 0 Å². The number of fused-ring (bicyclic) bond motifs is 3. The van der Waals surface area contributed by atoms with E-state index in [-0.39, 0.29) is 11.4 Å². The minimum absolute atomic E-state index is 0.0440. The molecule has 0 fully saturated rings. The Morgan fingerprint density at radius 1 is 0.692 bits per heavy atom. The van der Waals surface area contributed by atoms with E-state index < -0.39 is 22.4 Å². The van der Waals surface area contributed by atoms with Crippen molar-refractivity contribution in [3.63, 3.8) is 0 Å². The van der Waals surface area contributed by atoms with Crippen LogP contribution >= 0.6 is 7.37 Å². The smallest absolute Gasteiger partial charge is 0.292 e. The highest BCUT2D eigenvalue weighted by Gasteiger charge is 2.53. The van der Waals surface area contributed by atoms with Gasteiger partial charge in [-0.2, -0.15) is 0 Å². The maximum atomic E-state index is 16.0. The normalized spacial score (nSPS) is 15.6. The van der Waals surface area contributed by atoms with Gasteiger partial charge in [-0.3, -0.25) is 24.8 Å². The third kappa shape index (κ3) is 6.10. The van der Waals surface area contributed by atoms with Crippen molar-refractivity contribution in [2.45, 2.75) is 18.5 Å². The van der Waals surface area contributed by atoms with Crippen molar-refractivity contribution in [1.29, 1.82) is 0 Å². The predicted octanol–water partition coefficient (Wildman–Crippen LogP) is 10.7. The molecule has 1 heterocycles. The minimum Gasteiger partial charge on any atom is -0.457 e. The lowest BCUT2D eigenvalue weighted by atomic mass is 9.90. The molecule has 52 heavy (non-hydrogen) atoms. The molecule has 0 spiro atoms. The third-order valence-corrected chi connectivity index (χ3v) is 12.3. The Kier molecular flexibility index (Phi) is 8.92. The monoisotopic (exact) mass is 710 g/mol. The quantitative estimate of drug-likeness (QED) is 0.0562. The summed E-state index contributed by atoms with van der Waals surface area (Å²) in [6, 6.07) is 39.6. The summed E-state index contributed by atoms with van der Waals surface area (Å²) in [6.07, 6.45) is 2.16. The first-order chi connectivity index (χ1) is 25.1. The van der Waals surface area contributed by atoms with Gasteiger partial charge in [0.2, 0.25) is 0 Å². The summed E-state index contributed by atoms with van der Waals surface area (Å²) < 4.78 is 34.9. The van der Waals surface area contributed by atoms with Gasteiger partial charge in [0.1, 0.15) is 33.9 Å². The van der Waals surface area contributed by atoms with Crippen molar-refractivity contribution in [3.05, 3.63) is 189 Å². The molecule has 6 aromatic carbocycles. The van der Waals surface area contributed by atoms with E-state index in [9.17, 15) is 20.2 Å². The molecule has 2 atom stereocenters. The van der Waals surface area contributed by atoms with Crippen LogP contribution in [-0.4, -0.2) is 9.85 Å². The van der Waals surface area contributed by atoms with Gasteiger partial charge in [0.15, 0.2) is 0 Å². The number of benzene rings is 6. The Morgan fingerprint density at radius 3 is 1.81 bits per heavy atom. The number of allylic oxidation sites excluding steroid dienone is 1. The van der Waals surface area contributed by atoms with E-state index in [2.05, 4.69) is 6.58 Å². The fourth-order valence-electron chi connectivity index (χ4n) is 6.43. The molecular formula is C41H31N2O8P. The predicted molar refractivity (Wildman–Crippen MR) is 199 cm³/mol. The second-order valence-corrected chi connectivity index (χ2v) is 14.9. The average Bonchev–Trinajstić information content (AvgIpc) is 3.16. The van der Waals surface area contributed by atoms with Gasteiger partial charge in [-0.15, -0.1) is 6.58 Å². The molecular weight excluding hydrogens is 679 g/mol. The van der Waals surface area contributed by atoms with Gasteiger partial charge < -0.3 is 14.0 Å². The number of nitrogens with zero attached hydrogens (tertiary/aromatic N) is 2. The van der Waals surface area contributed by atoms with Crippen molar-refractivity contribution in [2.24, 2.45) is 0 Å². The summed E-state index contributed by atoms with van der Waals surface area (Å²) >= 11 is 0. The van der Waals surface area contributed by atoms with E-state index >= 15 is 4.57 Å². The highest BCUT2D eigenvalue weighted by atomic mass is 31.2. The molecule has 11 heteroatoms. The van der Waals surface area contributed by atoms with Crippen LogP contribution in [0.4, 0.5) is 11.4 Å². The lowest BCUT2D eigenvalue weighted by Gasteiger charge is -2.41. The van der Waals surface area contributed by atoms with Gasteiger partial charge in [-0.1, -0.05) is 66.7 Å². The standard InChI is InChI=1S/C41H31N2O8P/c1-3-8-28-27-30(15-26-38(28)50-35-24-18-32(19-25-35)43(46)47)41(2,29-13-20-33(21-14-29)49-34-22-16-31(17-23-34)42(44)45)52(48)40-12-7-5-10-37(40)36-9-4-6-11-39(36)51-52/h3-7,9-27H,1,8H2,2H3. The Labute approximate surface area is 299 Å². The molecule has 0 aromatic heterocycles. The number of nitro benzene ring substituents is 2. The van der Waals surface area contributed by atoms with Crippen LogP contribution in [0.2, 0.25) is 0 Å². The molecule has 2 unspecified atom stereocenters. The van der Waals surface area contributed by atoms with Crippen LogP contribution in [0, 0.1) is 20.2 Å². The largest absolute Gasteiger partial charge is 0.457 e. The van der Waals surface area contributed by atoms with Crippen LogP contribution in [0.15, 0.2) is 152 Å². The van der Waals surface area contributed by atoms with E-state index in [0.29, 0.717) is 51.6 Å². The first-order valence-electron chi connectivity index (χ1n) is 16.3. The average molecular weight is 711 g/mol. The molecule has 0 saturated carbocycles. The van der Waals surface area contributed by atoms with Crippen molar-refractivity contribution in [2.75, 3.05) is 0 Å². The van der Waals surface area contributed by atoms with Crippen LogP contribution in [0.25, 0.3) is 11.1 Å². The van der Waals surface area contributed by atoms with E-state index in [1.807, 2.05) is 79.7 Å². The van der Waals surface area contributed by atoms with Gasteiger partial charge in [0.05, 0.1) is 15.2 Å². The molecule has 10 nitrogen and oxygen atoms in total. The SMILES string of the molecule is C=CCc1cc(C(C)(c2ccc(Oc3ccc([N+](=O)[O-])cc3)cc2)P2(=O)Oc3ccccc3-c3ccccc32)ccc1Oc1ccc([N+](=O)[O-])cc1. The van der Waals surface area contributed by atoms with Crippen LogP contribution in [-0.2, 0) is 16.1 Å². The van der Waals surface area contributed by atoms with Crippen LogP contribution < -0.4 is 19.3 Å². The first kappa shape index (κ1) is 34.0.